The number of aliphatic hydroxyl groups is 1. The Morgan fingerprint density at radius 2 is 1.57 bits per heavy atom. The molecule has 1 amide bonds. The fourth-order valence-corrected chi connectivity index (χ4v) is 3.79. The number of hydrogen-bond acceptors (Lipinski definition) is 5. The van der Waals surface area contributed by atoms with Crippen LogP contribution >= 0.6 is 0 Å². The van der Waals surface area contributed by atoms with Gasteiger partial charge in [-0.3, -0.25) is 4.79 Å². The molecule has 0 fully saturated rings. The third-order valence-electron chi connectivity index (χ3n) is 5.67. The fraction of sp³-hybridized carbons (Fsp3) is 0.207. The van der Waals surface area contributed by atoms with E-state index in [0.29, 0.717) is 25.3 Å². The first-order chi connectivity index (χ1) is 17.0. The van der Waals surface area contributed by atoms with E-state index < -0.39 is 6.10 Å². The molecule has 0 saturated heterocycles. The second kappa shape index (κ2) is 12.0. The third-order valence-corrected chi connectivity index (χ3v) is 5.67. The Labute approximate surface area is 205 Å². The van der Waals surface area contributed by atoms with E-state index in [2.05, 4.69) is 28.8 Å². The van der Waals surface area contributed by atoms with E-state index in [9.17, 15) is 15.0 Å². The number of anilines is 1. The first kappa shape index (κ1) is 24.3. The van der Waals surface area contributed by atoms with Crippen LogP contribution in [0.4, 0.5) is 5.69 Å². The zero-order valence-electron chi connectivity index (χ0n) is 19.5. The van der Waals surface area contributed by atoms with Crippen molar-refractivity contribution < 1.29 is 19.7 Å². The van der Waals surface area contributed by atoms with Crippen molar-refractivity contribution >= 4 is 22.4 Å². The van der Waals surface area contributed by atoms with Crippen LogP contribution in [0.25, 0.3) is 10.8 Å². The zero-order valence-corrected chi connectivity index (χ0v) is 19.5. The zero-order chi connectivity index (χ0) is 24.5. The molecule has 0 aliphatic rings. The lowest BCUT2D eigenvalue weighted by molar-refractivity contribution is -0.115. The van der Waals surface area contributed by atoms with Gasteiger partial charge < -0.3 is 25.6 Å². The molecule has 4 aromatic carbocycles. The summed E-state index contributed by atoms with van der Waals surface area (Å²) < 4.78 is 5.50. The Balaban J connectivity index is 1.15. The molecular weight excluding hydrogens is 440 g/mol. The summed E-state index contributed by atoms with van der Waals surface area (Å²) in [6.45, 7) is 1.30. The molecule has 1 atom stereocenters. The van der Waals surface area contributed by atoms with Gasteiger partial charge in [0.05, 0.1) is 6.42 Å². The van der Waals surface area contributed by atoms with Crippen molar-refractivity contribution in [2.45, 2.75) is 18.9 Å². The summed E-state index contributed by atoms with van der Waals surface area (Å²) in [6.07, 6.45) is 0.496. The minimum atomic E-state index is -0.635. The van der Waals surface area contributed by atoms with Crippen molar-refractivity contribution in [1.82, 2.24) is 5.32 Å². The van der Waals surface area contributed by atoms with Gasteiger partial charge in [0.25, 0.3) is 0 Å². The second-order valence-corrected chi connectivity index (χ2v) is 8.52. The highest BCUT2D eigenvalue weighted by atomic mass is 16.5. The maximum atomic E-state index is 12.5. The van der Waals surface area contributed by atoms with Crippen LogP contribution in [0, 0.1) is 0 Å². The number of amides is 1. The Morgan fingerprint density at radius 3 is 2.34 bits per heavy atom. The number of fused-ring (bicyclic) bond motifs is 1. The number of hydrogen-bond donors (Lipinski definition) is 4. The standard InChI is InChI=1S/C29H30N2O4/c32-26-11-13-28(14-12-26)35-20-27(33)19-30-16-15-21-6-9-25(10-7-21)31-29(34)18-22-5-8-23-3-1-2-4-24(23)17-22/h1-14,17,27,30,32-33H,15-16,18-20H2,(H,31,34)/t27-/m0/s1. The van der Waals surface area contributed by atoms with E-state index in [1.54, 1.807) is 24.3 Å². The smallest absolute Gasteiger partial charge is 0.228 e. The predicted molar refractivity (Wildman–Crippen MR) is 139 cm³/mol. The molecule has 4 N–H and O–H groups in total. The first-order valence-electron chi connectivity index (χ1n) is 11.7. The number of aromatic hydroxyl groups is 1. The van der Waals surface area contributed by atoms with Crippen molar-refractivity contribution in [1.29, 1.82) is 0 Å². The molecule has 0 heterocycles. The molecule has 180 valence electrons. The van der Waals surface area contributed by atoms with Gasteiger partial charge in [-0.15, -0.1) is 0 Å². The molecule has 4 rings (SSSR count). The van der Waals surface area contributed by atoms with Crippen LogP contribution in [0.2, 0.25) is 0 Å². The molecule has 0 radical (unpaired) electrons. The summed E-state index contributed by atoms with van der Waals surface area (Å²) in [5.74, 6) is 0.737. The maximum Gasteiger partial charge on any atom is 0.228 e. The summed E-state index contributed by atoms with van der Waals surface area (Å²) in [5.41, 5.74) is 2.90. The van der Waals surface area contributed by atoms with Crippen LogP contribution in [0.1, 0.15) is 11.1 Å². The normalized spacial score (nSPS) is 11.8. The van der Waals surface area contributed by atoms with Gasteiger partial charge in [0.1, 0.15) is 24.2 Å². The van der Waals surface area contributed by atoms with Crippen LogP contribution in [0.15, 0.2) is 91.0 Å². The van der Waals surface area contributed by atoms with Gasteiger partial charge >= 0.3 is 0 Å². The highest BCUT2D eigenvalue weighted by Gasteiger charge is 2.07. The average molecular weight is 471 g/mol. The second-order valence-electron chi connectivity index (χ2n) is 8.52. The minimum absolute atomic E-state index is 0.0433. The van der Waals surface area contributed by atoms with Gasteiger partial charge in [-0.2, -0.15) is 0 Å². The van der Waals surface area contributed by atoms with Gasteiger partial charge in [-0.1, -0.05) is 54.6 Å². The molecule has 4 aromatic rings. The van der Waals surface area contributed by atoms with Gasteiger partial charge in [-0.25, -0.2) is 0 Å². The molecule has 0 aliphatic carbocycles. The SMILES string of the molecule is O=C(Cc1ccc2ccccc2c1)Nc1ccc(CCNC[C@H](O)COc2ccc(O)cc2)cc1. The molecule has 6 nitrogen and oxygen atoms in total. The largest absolute Gasteiger partial charge is 0.508 e. The Morgan fingerprint density at radius 1 is 0.857 bits per heavy atom. The summed E-state index contributed by atoms with van der Waals surface area (Å²) in [6, 6.07) is 28.4. The minimum Gasteiger partial charge on any atom is -0.508 e. The Kier molecular flexibility index (Phi) is 8.33. The Bertz CT molecular complexity index is 1240. The fourth-order valence-electron chi connectivity index (χ4n) is 3.79. The number of nitrogens with one attached hydrogen (secondary N) is 2. The topological polar surface area (TPSA) is 90.8 Å². The van der Waals surface area contributed by atoms with E-state index in [-0.39, 0.29) is 18.3 Å². The van der Waals surface area contributed by atoms with Crippen molar-refractivity contribution in [3.05, 3.63) is 102 Å². The van der Waals surface area contributed by atoms with Gasteiger partial charge in [-0.05, 0) is 71.3 Å². The van der Waals surface area contributed by atoms with E-state index in [1.807, 2.05) is 48.5 Å². The molecule has 0 bridgehead atoms. The molecule has 0 saturated carbocycles. The van der Waals surface area contributed by atoms with Crippen LogP contribution in [-0.4, -0.2) is 41.9 Å². The number of carbonyl (C=O) groups is 1. The quantitative estimate of drug-likeness (QED) is 0.246. The lowest BCUT2D eigenvalue weighted by Gasteiger charge is -2.13. The van der Waals surface area contributed by atoms with Crippen molar-refractivity contribution in [3.63, 3.8) is 0 Å². The summed E-state index contributed by atoms with van der Waals surface area (Å²) in [7, 11) is 0. The monoisotopic (exact) mass is 470 g/mol. The molecule has 0 aliphatic heterocycles. The molecule has 6 heteroatoms. The number of phenolic OH excluding ortho intramolecular Hbond substituents is 1. The number of ether oxygens (including phenoxy) is 1. The van der Waals surface area contributed by atoms with Crippen LogP contribution < -0.4 is 15.4 Å². The summed E-state index contributed by atoms with van der Waals surface area (Å²) in [4.78, 5) is 12.5. The number of carbonyl (C=O) groups excluding carboxylic acids is 1. The van der Waals surface area contributed by atoms with Crippen LogP contribution in [0.3, 0.4) is 0 Å². The van der Waals surface area contributed by atoms with E-state index >= 15 is 0 Å². The molecule has 0 spiro atoms. The highest BCUT2D eigenvalue weighted by Crippen LogP contribution is 2.17. The predicted octanol–water partition coefficient (Wildman–Crippen LogP) is 4.30. The van der Waals surface area contributed by atoms with Crippen molar-refractivity contribution in [2.24, 2.45) is 0 Å². The molecule has 0 unspecified atom stereocenters. The van der Waals surface area contributed by atoms with Gasteiger partial charge in [0.2, 0.25) is 5.91 Å². The number of benzene rings is 4. The maximum absolute atomic E-state index is 12.5. The van der Waals surface area contributed by atoms with E-state index in [0.717, 1.165) is 28.6 Å². The van der Waals surface area contributed by atoms with Gasteiger partial charge in [0, 0.05) is 12.2 Å². The van der Waals surface area contributed by atoms with Crippen molar-refractivity contribution in [3.8, 4) is 11.5 Å². The van der Waals surface area contributed by atoms with E-state index in [4.69, 9.17) is 4.74 Å². The first-order valence-corrected chi connectivity index (χ1v) is 11.7. The molecular formula is C29H30N2O4. The lowest BCUT2D eigenvalue weighted by Crippen LogP contribution is -2.32. The highest BCUT2D eigenvalue weighted by molar-refractivity contribution is 5.93. The Hall–Kier alpha value is -3.87. The van der Waals surface area contributed by atoms with Gasteiger partial charge in [0.15, 0.2) is 0 Å². The summed E-state index contributed by atoms with van der Waals surface area (Å²) in [5, 5.41) is 27.8. The number of aliphatic hydroxyl groups excluding tert-OH is 1. The molecule has 35 heavy (non-hydrogen) atoms. The summed E-state index contributed by atoms with van der Waals surface area (Å²) >= 11 is 0. The van der Waals surface area contributed by atoms with Crippen LogP contribution in [-0.2, 0) is 17.6 Å². The lowest BCUT2D eigenvalue weighted by atomic mass is 10.0. The van der Waals surface area contributed by atoms with E-state index in [1.165, 1.54) is 5.39 Å². The number of phenols is 1. The average Bonchev–Trinajstić information content (AvgIpc) is 2.87. The third kappa shape index (κ3) is 7.57. The van der Waals surface area contributed by atoms with Crippen molar-refractivity contribution in [2.75, 3.05) is 25.0 Å². The number of rotatable bonds is 11. The molecule has 0 aromatic heterocycles. The van der Waals surface area contributed by atoms with Crippen LogP contribution in [0.5, 0.6) is 11.5 Å².